The Labute approximate surface area is 172 Å². The van der Waals surface area contributed by atoms with Gasteiger partial charge >= 0.3 is 0 Å². The molecule has 5 nitrogen and oxygen atoms in total. The molecule has 1 saturated heterocycles. The minimum absolute atomic E-state index is 0.194. The highest BCUT2D eigenvalue weighted by Gasteiger charge is 2.25. The van der Waals surface area contributed by atoms with Gasteiger partial charge in [-0.2, -0.15) is 0 Å². The second kappa shape index (κ2) is 8.91. The molecule has 152 valence electrons. The topological polar surface area (TPSA) is 48.3 Å². The van der Waals surface area contributed by atoms with Crippen LogP contribution in [-0.2, 0) is 4.84 Å². The van der Waals surface area contributed by atoms with Crippen LogP contribution >= 0.6 is 0 Å². The molecular formula is C24H29N3O2. The lowest BCUT2D eigenvalue weighted by Gasteiger charge is -2.35. The fourth-order valence-electron chi connectivity index (χ4n) is 4.14. The van der Waals surface area contributed by atoms with Gasteiger partial charge in [0.25, 0.3) is 0 Å². The first-order valence-electron chi connectivity index (χ1n) is 10.3. The third-order valence-electron chi connectivity index (χ3n) is 5.50. The van der Waals surface area contributed by atoms with E-state index in [4.69, 9.17) is 4.84 Å². The fourth-order valence-corrected chi connectivity index (χ4v) is 4.14. The van der Waals surface area contributed by atoms with Gasteiger partial charge < -0.3 is 9.94 Å². The first-order valence-corrected chi connectivity index (χ1v) is 10.3. The van der Waals surface area contributed by atoms with Crippen molar-refractivity contribution in [3.05, 3.63) is 71.8 Å². The minimum atomic E-state index is -0.557. The number of hydrogen-bond acceptors (Lipinski definition) is 5. The molecule has 0 unspecified atom stereocenters. The zero-order chi connectivity index (χ0) is 20.2. The first kappa shape index (κ1) is 19.8. The van der Waals surface area contributed by atoms with E-state index in [1.807, 2.05) is 24.3 Å². The molecule has 1 aliphatic heterocycles. The molecule has 4 rings (SSSR count). The standard InChI is InChI=1S/C24H29N3O2/c1-18(2)15-26-11-13-27(14-12-26)16-19(28)17-29-25-24-22-9-5-3-7-20(22)21-8-4-6-10-23(21)24/h3-10,19,28H,1,11-17H2,2H3/t19-/m1/s1. The molecule has 1 fully saturated rings. The number of fused-ring (bicyclic) bond motifs is 3. The molecule has 1 heterocycles. The molecule has 0 saturated carbocycles. The maximum Gasteiger partial charge on any atom is 0.144 e. The zero-order valence-corrected chi connectivity index (χ0v) is 17.1. The molecule has 2 aliphatic rings. The predicted molar refractivity (Wildman–Crippen MR) is 117 cm³/mol. The normalized spacial score (nSPS) is 17.5. The summed E-state index contributed by atoms with van der Waals surface area (Å²) in [7, 11) is 0. The number of β-amino-alcohol motifs (C(OH)–C–C–N with tert-alkyl or cyclic N) is 1. The van der Waals surface area contributed by atoms with Gasteiger partial charge in [0.1, 0.15) is 18.4 Å². The summed E-state index contributed by atoms with van der Waals surface area (Å²) in [6.07, 6.45) is -0.557. The summed E-state index contributed by atoms with van der Waals surface area (Å²) < 4.78 is 0. The smallest absolute Gasteiger partial charge is 0.144 e. The first-order chi connectivity index (χ1) is 14.1. The van der Waals surface area contributed by atoms with Crippen molar-refractivity contribution in [1.82, 2.24) is 9.80 Å². The Kier molecular flexibility index (Phi) is 6.09. The van der Waals surface area contributed by atoms with Gasteiger partial charge in [-0.05, 0) is 18.1 Å². The van der Waals surface area contributed by atoms with E-state index in [9.17, 15) is 5.11 Å². The Morgan fingerprint density at radius 1 is 0.966 bits per heavy atom. The van der Waals surface area contributed by atoms with Gasteiger partial charge in [-0.25, -0.2) is 0 Å². The van der Waals surface area contributed by atoms with Crippen LogP contribution < -0.4 is 0 Å². The molecule has 0 amide bonds. The summed E-state index contributed by atoms with van der Waals surface area (Å²) in [6, 6.07) is 16.5. The molecule has 2 aromatic rings. The van der Waals surface area contributed by atoms with Crippen LogP contribution in [0.1, 0.15) is 18.1 Å². The third kappa shape index (κ3) is 4.58. The lowest BCUT2D eigenvalue weighted by molar-refractivity contribution is 0.00982. The SMILES string of the molecule is C=C(C)CN1CCN(C[C@@H](O)CON=C2c3ccccc3-c3ccccc32)CC1. The van der Waals surface area contributed by atoms with Crippen LogP contribution in [0.5, 0.6) is 0 Å². The molecule has 0 radical (unpaired) electrons. The lowest BCUT2D eigenvalue weighted by atomic mass is 10.1. The fraction of sp³-hybridized carbons (Fsp3) is 0.375. The Morgan fingerprint density at radius 3 is 2.03 bits per heavy atom. The number of nitrogens with zero attached hydrogens (tertiary/aromatic N) is 3. The van der Waals surface area contributed by atoms with Crippen molar-refractivity contribution in [2.45, 2.75) is 13.0 Å². The van der Waals surface area contributed by atoms with Crippen LogP contribution in [-0.4, -0.2) is 72.6 Å². The van der Waals surface area contributed by atoms with Crippen molar-refractivity contribution in [3.8, 4) is 11.1 Å². The summed E-state index contributed by atoms with van der Waals surface area (Å²) in [6.45, 7) is 11.8. The Morgan fingerprint density at radius 2 is 1.48 bits per heavy atom. The van der Waals surface area contributed by atoms with E-state index in [1.54, 1.807) is 0 Å². The highest BCUT2D eigenvalue weighted by atomic mass is 16.6. The predicted octanol–water partition coefficient (Wildman–Crippen LogP) is 2.99. The van der Waals surface area contributed by atoms with Gasteiger partial charge in [-0.3, -0.25) is 9.80 Å². The summed E-state index contributed by atoms with van der Waals surface area (Å²) in [5, 5.41) is 14.8. The Hall–Kier alpha value is -2.47. The van der Waals surface area contributed by atoms with Crippen LogP contribution in [0.15, 0.2) is 65.8 Å². The van der Waals surface area contributed by atoms with Gasteiger partial charge in [0.2, 0.25) is 0 Å². The van der Waals surface area contributed by atoms with Gasteiger partial charge in [-0.1, -0.05) is 65.8 Å². The van der Waals surface area contributed by atoms with Crippen molar-refractivity contribution in [2.75, 3.05) is 45.9 Å². The monoisotopic (exact) mass is 391 g/mol. The van der Waals surface area contributed by atoms with Gasteiger partial charge in [0.15, 0.2) is 0 Å². The third-order valence-corrected chi connectivity index (χ3v) is 5.50. The van der Waals surface area contributed by atoms with Crippen molar-refractivity contribution in [2.24, 2.45) is 5.16 Å². The maximum absolute atomic E-state index is 10.4. The van der Waals surface area contributed by atoms with Gasteiger partial charge in [0.05, 0.1) is 0 Å². The molecule has 29 heavy (non-hydrogen) atoms. The molecular weight excluding hydrogens is 362 g/mol. The van der Waals surface area contributed by atoms with Crippen molar-refractivity contribution < 1.29 is 9.94 Å². The molecule has 1 aliphatic carbocycles. The van der Waals surface area contributed by atoms with Crippen LogP contribution in [0.25, 0.3) is 11.1 Å². The lowest BCUT2D eigenvalue weighted by Crippen LogP contribution is -2.49. The molecule has 5 heteroatoms. The number of benzene rings is 2. The number of hydrogen-bond donors (Lipinski definition) is 1. The number of aliphatic hydroxyl groups is 1. The number of aliphatic hydroxyl groups excluding tert-OH is 1. The van der Waals surface area contributed by atoms with E-state index in [0.29, 0.717) is 6.54 Å². The average molecular weight is 392 g/mol. The van der Waals surface area contributed by atoms with Crippen LogP contribution in [0.3, 0.4) is 0 Å². The molecule has 0 aromatic heterocycles. The van der Waals surface area contributed by atoms with E-state index < -0.39 is 6.10 Å². The Balaban J connectivity index is 1.32. The second-order valence-corrected chi connectivity index (χ2v) is 8.01. The average Bonchev–Trinajstić information content (AvgIpc) is 3.03. The van der Waals surface area contributed by atoms with Crippen molar-refractivity contribution >= 4 is 5.71 Å². The maximum atomic E-state index is 10.4. The van der Waals surface area contributed by atoms with Crippen LogP contribution in [0.2, 0.25) is 0 Å². The quantitative estimate of drug-likeness (QED) is 0.497. The van der Waals surface area contributed by atoms with Crippen LogP contribution in [0, 0.1) is 0 Å². The van der Waals surface area contributed by atoms with E-state index in [1.165, 1.54) is 16.7 Å². The zero-order valence-electron chi connectivity index (χ0n) is 17.1. The molecule has 0 bridgehead atoms. The van der Waals surface area contributed by atoms with Gasteiger partial charge in [-0.15, -0.1) is 0 Å². The van der Waals surface area contributed by atoms with E-state index in [2.05, 4.69) is 52.7 Å². The number of piperazine rings is 1. The van der Waals surface area contributed by atoms with Crippen LogP contribution in [0.4, 0.5) is 0 Å². The molecule has 1 atom stereocenters. The van der Waals surface area contributed by atoms with E-state index in [0.717, 1.165) is 49.6 Å². The van der Waals surface area contributed by atoms with E-state index >= 15 is 0 Å². The van der Waals surface area contributed by atoms with Gasteiger partial charge in [0, 0.05) is 50.4 Å². The van der Waals surface area contributed by atoms with E-state index in [-0.39, 0.29) is 6.61 Å². The number of oxime groups is 1. The summed E-state index contributed by atoms with van der Waals surface area (Å²) in [5.41, 5.74) is 6.56. The highest BCUT2D eigenvalue weighted by molar-refractivity contribution is 6.24. The summed E-state index contributed by atoms with van der Waals surface area (Å²) in [4.78, 5) is 10.3. The molecule has 1 N–H and O–H groups in total. The highest BCUT2D eigenvalue weighted by Crippen LogP contribution is 2.36. The van der Waals surface area contributed by atoms with Crippen molar-refractivity contribution in [1.29, 1.82) is 0 Å². The molecule has 2 aromatic carbocycles. The number of rotatable bonds is 7. The Bertz CT molecular complexity index is 853. The van der Waals surface area contributed by atoms with Crippen molar-refractivity contribution in [3.63, 3.8) is 0 Å². The second-order valence-electron chi connectivity index (χ2n) is 8.01. The largest absolute Gasteiger partial charge is 0.392 e. The molecule has 0 spiro atoms. The minimum Gasteiger partial charge on any atom is -0.392 e. The summed E-state index contributed by atoms with van der Waals surface area (Å²) >= 11 is 0. The summed E-state index contributed by atoms with van der Waals surface area (Å²) in [5.74, 6) is 0.